The molecule has 1 saturated heterocycles. The van der Waals surface area contributed by atoms with E-state index in [0.29, 0.717) is 19.6 Å². The number of ether oxygens (including phenoxy) is 1. The molecule has 0 spiro atoms. The van der Waals surface area contributed by atoms with Crippen LogP contribution >= 0.6 is 0 Å². The summed E-state index contributed by atoms with van der Waals surface area (Å²) in [6.45, 7) is 4.22. The van der Waals surface area contributed by atoms with E-state index < -0.39 is 0 Å². The van der Waals surface area contributed by atoms with Crippen molar-refractivity contribution in [1.82, 2.24) is 9.88 Å². The van der Waals surface area contributed by atoms with Crippen LogP contribution in [-0.4, -0.2) is 35.5 Å². The largest absolute Gasteiger partial charge is 0.494 e. The molecule has 0 atom stereocenters. The van der Waals surface area contributed by atoms with Gasteiger partial charge in [-0.25, -0.2) is 0 Å². The second-order valence-corrected chi connectivity index (χ2v) is 7.96. The normalized spacial score (nSPS) is 14.4. The lowest BCUT2D eigenvalue weighted by molar-refractivity contribution is -0.130. The van der Waals surface area contributed by atoms with E-state index in [4.69, 9.17) is 9.72 Å². The molecule has 1 amide bonds. The van der Waals surface area contributed by atoms with Crippen LogP contribution in [0.3, 0.4) is 0 Å². The zero-order chi connectivity index (χ0) is 21.5. The number of rotatable bonds is 7. The first kappa shape index (κ1) is 21.1. The monoisotopic (exact) mass is 414 g/mol. The van der Waals surface area contributed by atoms with E-state index in [2.05, 4.69) is 36.4 Å². The number of likely N-dealkylation sites (tertiary alicyclic amines) is 1. The van der Waals surface area contributed by atoms with Gasteiger partial charge in [-0.3, -0.25) is 9.78 Å². The van der Waals surface area contributed by atoms with Crippen molar-refractivity contribution < 1.29 is 9.53 Å². The van der Waals surface area contributed by atoms with Gasteiger partial charge in [0, 0.05) is 37.1 Å². The molecule has 1 aliphatic heterocycles. The number of carbonyl (C=O) groups is 1. The van der Waals surface area contributed by atoms with Crippen LogP contribution in [0.15, 0.2) is 66.7 Å². The molecule has 2 aromatic carbocycles. The molecule has 4 heteroatoms. The zero-order valence-corrected chi connectivity index (χ0v) is 18.2. The fourth-order valence-corrected chi connectivity index (χ4v) is 4.14. The molecule has 2 heterocycles. The van der Waals surface area contributed by atoms with Crippen LogP contribution in [0.25, 0.3) is 22.4 Å². The first-order valence-corrected chi connectivity index (χ1v) is 11.3. The van der Waals surface area contributed by atoms with Crippen molar-refractivity contribution >= 4 is 5.91 Å². The Morgan fingerprint density at radius 2 is 1.71 bits per heavy atom. The highest BCUT2D eigenvalue weighted by Crippen LogP contribution is 2.28. The van der Waals surface area contributed by atoms with Gasteiger partial charge in [0.15, 0.2) is 0 Å². The van der Waals surface area contributed by atoms with Gasteiger partial charge < -0.3 is 9.64 Å². The summed E-state index contributed by atoms with van der Waals surface area (Å²) in [5.74, 6) is 1.15. The summed E-state index contributed by atoms with van der Waals surface area (Å²) in [6, 6.07) is 22.7. The van der Waals surface area contributed by atoms with Gasteiger partial charge in [0.1, 0.15) is 5.75 Å². The van der Waals surface area contributed by atoms with E-state index in [9.17, 15) is 4.79 Å². The molecular formula is C27H30N2O2. The minimum absolute atomic E-state index is 0.277. The number of hydrogen-bond donors (Lipinski definition) is 0. The minimum atomic E-state index is 0.277. The number of nitrogens with zero attached hydrogens (tertiary/aromatic N) is 2. The lowest BCUT2D eigenvalue weighted by atomic mass is 10.00. The van der Waals surface area contributed by atoms with Crippen molar-refractivity contribution in [2.45, 2.75) is 39.0 Å². The summed E-state index contributed by atoms with van der Waals surface area (Å²) >= 11 is 0. The highest BCUT2D eigenvalue weighted by atomic mass is 16.5. The maximum Gasteiger partial charge on any atom is 0.222 e. The molecule has 160 valence electrons. The lowest BCUT2D eigenvalue weighted by Crippen LogP contribution is -2.32. The van der Waals surface area contributed by atoms with Gasteiger partial charge in [-0.15, -0.1) is 0 Å². The Labute approximate surface area is 184 Å². The van der Waals surface area contributed by atoms with Crippen LogP contribution in [0.5, 0.6) is 5.75 Å². The van der Waals surface area contributed by atoms with Crippen LogP contribution in [0.1, 0.15) is 38.3 Å². The molecular weight excluding hydrogens is 384 g/mol. The van der Waals surface area contributed by atoms with Crippen LogP contribution in [0, 0.1) is 0 Å². The van der Waals surface area contributed by atoms with E-state index in [1.54, 1.807) is 0 Å². The van der Waals surface area contributed by atoms with Crippen molar-refractivity contribution in [2.75, 3.05) is 19.7 Å². The topological polar surface area (TPSA) is 42.4 Å². The summed E-state index contributed by atoms with van der Waals surface area (Å²) in [7, 11) is 0. The fraction of sp³-hybridized carbons (Fsp3) is 0.333. The quantitative estimate of drug-likeness (QED) is 0.494. The summed E-state index contributed by atoms with van der Waals surface area (Å²) in [5.41, 5.74) is 5.33. The molecule has 0 unspecified atom stereocenters. The summed E-state index contributed by atoms with van der Waals surface area (Å²) in [6.07, 6.45) is 4.66. The number of carbonyl (C=O) groups excluding carboxylic acids is 1. The highest BCUT2D eigenvalue weighted by molar-refractivity contribution is 5.76. The number of aromatic nitrogens is 1. The first-order chi connectivity index (χ1) is 15.2. The molecule has 4 nitrogen and oxygen atoms in total. The summed E-state index contributed by atoms with van der Waals surface area (Å²) in [5, 5.41) is 0. The van der Waals surface area contributed by atoms with Crippen molar-refractivity contribution in [1.29, 1.82) is 0 Å². The molecule has 0 aliphatic carbocycles. The molecule has 3 aromatic rings. The molecule has 0 radical (unpaired) electrons. The van der Waals surface area contributed by atoms with Crippen molar-refractivity contribution in [2.24, 2.45) is 0 Å². The highest BCUT2D eigenvalue weighted by Gasteiger charge is 2.18. The molecule has 0 saturated carbocycles. The Kier molecular flexibility index (Phi) is 6.98. The first-order valence-electron chi connectivity index (χ1n) is 11.3. The molecule has 31 heavy (non-hydrogen) atoms. The Morgan fingerprint density at radius 3 is 2.48 bits per heavy atom. The van der Waals surface area contributed by atoms with E-state index in [1.165, 1.54) is 0 Å². The second kappa shape index (κ2) is 10.3. The SMILES string of the molecule is CCOc1ccc(-c2ccc(-c3ccccc3)nc2CCN2CCCCCC2=O)cc1. The van der Waals surface area contributed by atoms with Gasteiger partial charge in [-0.05, 0) is 43.5 Å². The Balaban J connectivity index is 1.64. The summed E-state index contributed by atoms with van der Waals surface area (Å²) in [4.78, 5) is 19.5. The average molecular weight is 415 g/mol. The third-order valence-electron chi connectivity index (χ3n) is 5.81. The number of benzene rings is 2. The maximum atomic E-state index is 12.5. The Bertz CT molecular complexity index is 1000. The van der Waals surface area contributed by atoms with Crippen molar-refractivity contribution in [3.8, 4) is 28.1 Å². The average Bonchev–Trinajstić information content (AvgIpc) is 3.03. The predicted molar refractivity (Wildman–Crippen MR) is 125 cm³/mol. The van der Waals surface area contributed by atoms with Crippen LogP contribution in [-0.2, 0) is 11.2 Å². The number of amides is 1. The fourth-order valence-electron chi connectivity index (χ4n) is 4.14. The summed E-state index contributed by atoms with van der Waals surface area (Å²) < 4.78 is 5.59. The number of pyridine rings is 1. The third kappa shape index (κ3) is 5.32. The minimum Gasteiger partial charge on any atom is -0.494 e. The maximum absolute atomic E-state index is 12.5. The van der Waals surface area contributed by atoms with Crippen LogP contribution < -0.4 is 4.74 Å². The Morgan fingerprint density at radius 1 is 0.903 bits per heavy atom. The molecule has 1 aliphatic rings. The third-order valence-corrected chi connectivity index (χ3v) is 5.81. The van der Waals surface area contributed by atoms with Gasteiger partial charge >= 0.3 is 0 Å². The van der Waals surface area contributed by atoms with Gasteiger partial charge in [-0.1, -0.05) is 55.0 Å². The van der Waals surface area contributed by atoms with Crippen molar-refractivity contribution in [3.05, 3.63) is 72.4 Å². The van der Waals surface area contributed by atoms with E-state index in [0.717, 1.165) is 66.1 Å². The van der Waals surface area contributed by atoms with E-state index in [-0.39, 0.29) is 5.91 Å². The molecule has 1 fully saturated rings. The molecule has 0 N–H and O–H groups in total. The second-order valence-electron chi connectivity index (χ2n) is 7.96. The molecule has 0 bridgehead atoms. The zero-order valence-electron chi connectivity index (χ0n) is 18.2. The smallest absolute Gasteiger partial charge is 0.222 e. The van der Waals surface area contributed by atoms with Gasteiger partial charge in [0.25, 0.3) is 0 Å². The van der Waals surface area contributed by atoms with Gasteiger partial charge in [0.2, 0.25) is 5.91 Å². The van der Waals surface area contributed by atoms with E-state index >= 15 is 0 Å². The van der Waals surface area contributed by atoms with Crippen molar-refractivity contribution in [3.63, 3.8) is 0 Å². The predicted octanol–water partition coefficient (Wildman–Crippen LogP) is 5.76. The standard InChI is InChI=1S/C27H30N2O2/c1-2-31-23-14-12-21(13-15-23)24-16-17-25(22-9-5-3-6-10-22)28-26(24)18-20-29-19-8-4-7-11-27(29)30/h3,5-6,9-10,12-17H,2,4,7-8,11,18-20H2,1H3. The lowest BCUT2D eigenvalue weighted by Gasteiger charge is -2.21. The number of hydrogen-bond acceptors (Lipinski definition) is 3. The molecule has 4 rings (SSSR count). The van der Waals surface area contributed by atoms with Gasteiger partial charge in [0.05, 0.1) is 18.0 Å². The van der Waals surface area contributed by atoms with E-state index in [1.807, 2.05) is 42.2 Å². The van der Waals surface area contributed by atoms with Crippen LogP contribution in [0.2, 0.25) is 0 Å². The van der Waals surface area contributed by atoms with Gasteiger partial charge in [-0.2, -0.15) is 0 Å². The molecule has 1 aromatic heterocycles. The Hall–Kier alpha value is -3.14. The van der Waals surface area contributed by atoms with Crippen LogP contribution in [0.4, 0.5) is 0 Å².